The Morgan fingerprint density at radius 1 is 1.53 bits per heavy atom. The van der Waals surface area contributed by atoms with Gasteiger partial charge in [0.05, 0.1) is 31.0 Å². The normalized spacial score (nSPS) is 15.4. The monoisotopic (exact) mass is 209 g/mol. The van der Waals surface area contributed by atoms with E-state index in [1.807, 2.05) is 19.0 Å². The van der Waals surface area contributed by atoms with Crippen molar-refractivity contribution in [1.82, 2.24) is 14.9 Å². The fourth-order valence-corrected chi connectivity index (χ4v) is 1.67. The van der Waals surface area contributed by atoms with Crippen molar-refractivity contribution >= 4 is 0 Å². The van der Waals surface area contributed by atoms with Gasteiger partial charge in [0.2, 0.25) is 0 Å². The van der Waals surface area contributed by atoms with Crippen LogP contribution in [-0.4, -0.2) is 35.6 Å². The molecule has 2 rings (SSSR count). The third-order valence-electron chi connectivity index (χ3n) is 2.35. The van der Waals surface area contributed by atoms with Crippen LogP contribution < -0.4 is 5.56 Å². The van der Waals surface area contributed by atoms with Crippen LogP contribution in [-0.2, 0) is 24.3 Å². The Morgan fingerprint density at radius 2 is 2.33 bits per heavy atom. The molecule has 2 heterocycles. The summed E-state index contributed by atoms with van der Waals surface area (Å²) in [5, 5.41) is 0. The average Bonchev–Trinajstić information content (AvgIpc) is 2.16. The third kappa shape index (κ3) is 2.24. The van der Waals surface area contributed by atoms with E-state index in [2.05, 4.69) is 9.97 Å². The zero-order chi connectivity index (χ0) is 10.8. The number of nitrogens with zero attached hydrogens (tertiary/aromatic N) is 2. The number of aromatic amines is 1. The van der Waals surface area contributed by atoms with Gasteiger partial charge in [-0.25, -0.2) is 4.98 Å². The number of aromatic nitrogens is 2. The maximum absolute atomic E-state index is 11.7. The summed E-state index contributed by atoms with van der Waals surface area (Å²) in [4.78, 5) is 20.9. The van der Waals surface area contributed by atoms with Crippen molar-refractivity contribution in [3.05, 3.63) is 27.4 Å². The first-order valence-electron chi connectivity index (χ1n) is 5.00. The molecule has 5 nitrogen and oxygen atoms in total. The molecule has 1 N–H and O–H groups in total. The van der Waals surface area contributed by atoms with Crippen LogP contribution in [0.5, 0.6) is 0 Å². The van der Waals surface area contributed by atoms with Crippen molar-refractivity contribution in [3.8, 4) is 0 Å². The van der Waals surface area contributed by atoms with Gasteiger partial charge in [-0.15, -0.1) is 0 Å². The number of nitrogens with one attached hydrogen (secondary N) is 1. The van der Waals surface area contributed by atoms with Crippen LogP contribution in [0, 0.1) is 0 Å². The van der Waals surface area contributed by atoms with Gasteiger partial charge in [0.15, 0.2) is 0 Å². The minimum absolute atomic E-state index is 0.0587. The fraction of sp³-hybridized carbons (Fsp3) is 0.600. The van der Waals surface area contributed by atoms with Gasteiger partial charge >= 0.3 is 0 Å². The van der Waals surface area contributed by atoms with E-state index < -0.39 is 0 Å². The molecule has 82 valence electrons. The maximum atomic E-state index is 11.7. The van der Waals surface area contributed by atoms with Crippen LogP contribution in [0.4, 0.5) is 0 Å². The highest BCUT2D eigenvalue weighted by molar-refractivity contribution is 5.19. The van der Waals surface area contributed by atoms with Crippen molar-refractivity contribution in [1.29, 1.82) is 0 Å². The van der Waals surface area contributed by atoms with Gasteiger partial charge in [-0.3, -0.25) is 4.79 Å². The number of H-pyrrole nitrogens is 1. The minimum atomic E-state index is -0.0587. The predicted octanol–water partition coefficient (Wildman–Crippen LogP) is -0.0958. The first-order valence-corrected chi connectivity index (χ1v) is 5.00. The molecule has 0 radical (unpaired) electrons. The third-order valence-corrected chi connectivity index (χ3v) is 2.35. The highest BCUT2D eigenvalue weighted by Gasteiger charge is 2.15. The van der Waals surface area contributed by atoms with E-state index >= 15 is 0 Å². The van der Waals surface area contributed by atoms with Crippen LogP contribution >= 0.6 is 0 Å². The smallest absolute Gasteiger partial charge is 0.256 e. The SMILES string of the molecule is CN(C)Cc1nc2c(c(=O)[nH]1)COCC2. The van der Waals surface area contributed by atoms with E-state index in [9.17, 15) is 4.79 Å². The summed E-state index contributed by atoms with van der Waals surface area (Å²) < 4.78 is 5.23. The highest BCUT2D eigenvalue weighted by atomic mass is 16.5. The van der Waals surface area contributed by atoms with Crippen molar-refractivity contribution in [2.45, 2.75) is 19.6 Å². The van der Waals surface area contributed by atoms with Crippen molar-refractivity contribution in [3.63, 3.8) is 0 Å². The quantitative estimate of drug-likeness (QED) is 0.739. The Hall–Kier alpha value is -1.20. The first-order chi connectivity index (χ1) is 7.16. The highest BCUT2D eigenvalue weighted by Crippen LogP contribution is 2.10. The van der Waals surface area contributed by atoms with E-state index in [1.54, 1.807) is 0 Å². The molecule has 0 unspecified atom stereocenters. The molecule has 0 spiro atoms. The number of fused-ring (bicyclic) bond motifs is 1. The maximum Gasteiger partial charge on any atom is 0.256 e. The zero-order valence-corrected chi connectivity index (χ0v) is 9.04. The van der Waals surface area contributed by atoms with Crippen molar-refractivity contribution < 1.29 is 4.74 Å². The van der Waals surface area contributed by atoms with Gasteiger partial charge in [-0.05, 0) is 14.1 Å². The molecule has 0 fully saturated rings. The number of rotatable bonds is 2. The Bertz CT molecular complexity index is 412. The molecule has 0 bridgehead atoms. The van der Waals surface area contributed by atoms with E-state index in [-0.39, 0.29) is 5.56 Å². The minimum Gasteiger partial charge on any atom is -0.376 e. The summed E-state index contributed by atoms with van der Waals surface area (Å²) in [6.07, 6.45) is 0.736. The molecular formula is C10H15N3O2. The molecule has 0 aliphatic carbocycles. The van der Waals surface area contributed by atoms with Gasteiger partial charge in [0.1, 0.15) is 5.82 Å². The lowest BCUT2D eigenvalue weighted by molar-refractivity contribution is 0.107. The predicted molar refractivity (Wildman–Crippen MR) is 55.6 cm³/mol. The van der Waals surface area contributed by atoms with Gasteiger partial charge in [-0.1, -0.05) is 0 Å². The van der Waals surface area contributed by atoms with E-state index in [1.165, 1.54) is 0 Å². The van der Waals surface area contributed by atoms with Crippen molar-refractivity contribution in [2.75, 3.05) is 20.7 Å². The largest absolute Gasteiger partial charge is 0.376 e. The molecule has 0 aromatic carbocycles. The molecule has 1 aliphatic rings. The summed E-state index contributed by atoms with van der Waals surface area (Å²) in [5.74, 6) is 0.727. The van der Waals surface area contributed by atoms with Gasteiger partial charge < -0.3 is 14.6 Å². The second-order valence-electron chi connectivity index (χ2n) is 3.98. The van der Waals surface area contributed by atoms with E-state index in [4.69, 9.17) is 4.74 Å². The lowest BCUT2D eigenvalue weighted by Crippen LogP contribution is -2.27. The summed E-state index contributed by atoms with van der Waals surface area (Å²) >= 11 is 0. The lowest BCUT2D eigenvalue weighted by Gasteiger charge is -2.16. The van der Waals surface area contributed by atoms with Gasteiger partial charge in [0, 0.05) is 6.42 Å². The van der Waals surface area contributed by atoms with Crippen LogP contribution in [0.3, 0.4) is 0 Å². The second kappa shape index (κ2) is 4.12. The Balaban J connectivity index is 2.36. The lowest BCUT2D eigenvalue weighted by atomic mass is 10.1. The summed E-state index contributed by atoms with van der Waals surface area (Å²) in [6.45, 7) is 1.70. The van der Waals surface area contributed by atoms with Crippen LogP contribution in [0.2, 0.25) is 0 Å². The molecule has 0 saturated carbocycles. The fourth-order valence-electron chi connectivity index (χ4n) is 1.67. The number of hydrogen-bond acceptors (Lipinski definition) is 4. The standard InChI is InChI=1S/C10H15N3O2/c1-13(2)5-9-11-8-3-4-15-6-7(8)10(14)12-9/h3-6H2,1-2H3,(H,11,12,14). The zero-order valence-electron chi connectivity index (χ0n) is 9.04. The Kier molecular flexibility index (Phi) is 2.83. The van der Waals surface area contributed by atoms with Crippen molar-refractivity contribution in [2.24, 2.45) is 0 Å². The number of ether oxygens (including phenoxy) is 1. The van der Waals surface area contributed by atoms with Crippen LogP contribution in [0.15, 0.2) is 4.79 Å². The summed E-state index contributed by atoms with van der Waals surface area (Å²) in [5.41, 5.74) is 1.52. The molecule has 5 heteroatoms. The molecule has 0 amide bonds. The Labute approximate surface area is 88.1 Å². The van der Waals surface area contributed by atoms with Gasteiger partial charge in [-0.2, -0.15) is 0 Å². The molecule has 0 atom stereocenters. The molecule has 0 saturated heterocycles. The molecular weight excluding hydrogens is 194 g/mol. The summed E-state index contributed by atoms with van der Waals surface area (Å²) in [7, 11) is 3.89. The molecule has 15 heavy (non-hydrogen) atoms. The van der Waals surface area contributed by atoms with Gasteiger partial charge in [0.25, 0.3) is 5.56 Å². The first kappa shape index (κ1) is 10.3. The van der Waals surface area contributed by atoms with E-state index in [0.29, 0.717) is 25.3 Å². The molecule has 1 aromatic heterocycles. The topological polar surface area (TPSA) is 58.2 Å². The molecule has 1 aromatic rings. The van der Waals surface area contributed by atoms with Crippen LogP contribution in [0.25, 0.3) is 0 Å². The second-order valence-corrected chi connectivity index (χ2v) is 3.98. The van der Waals surface area contributed by atoms with E-state index in [0.717, 1.165) is 17.9 Å². The van der Waals surface area contributed by atoms with Crippen LogP contribution in [0.1, 0.15) is 17.1 Å². The Morgan fingerprint density at radius 3 is 3.07 bits per heavy atom. The average molecular weight is 209 g/mol. The summed E-state index contributed by atoms with van der Waals surface area (Å²) in [6, 6.07) is 0. The number of hydrogen-bond donors (Lipinski definition) is 1. The molecule has 1 aliphatic heterocycles.